The van der Waals surface area contributed by atoms with Crippen LogP contribution in [0, 0.1) is 10.1 Å². The van der Waals surface area contributed by atoms with Crippen LogP contribution >= 0.6 is 27.3 Å². The molecular weight excluding hydrogens is 394 g/mol. The van der Waals surface area contributed by atoms with E-state index in [2.05, 4.69) is 26.9 Å². The van der Waals surface area contributed by atoms with Crippen LogP contribution in [0.25, 0.3) is 0 Å². The summed E-state index contributed by atoms with van der Waals surface area (Å²) in [6, 6.07) is 9.96. The summed E-state index contributed by atoms with van der Waals surface area (Å²) in [6.07, 6.45) is 0. The average molecular weight is 410 g/mol. The maximum absolute atomic E-state index is 12.5. The van der Waals surface area contributed by atoms with Crippen LogP contribution in [0.2, 0.25) is 0 Å². The van der Waals surface area contributed by atoms with Crippen molar-refractivity contribution in [3.63, 3.8) is 0 Å². The van der Waals surface area contributed by atoms with E-state index < -0.39 is 4.92 Å². The third-order valence-electron chi connectivity index (χ3n) is 3.99. The first-order chi connectivity index (χ1) is 11.5. The molecule has 2 heterocycles. The van der Waals surface area contributed by atoms with E-state index in [0.717, 1.165) is 23.4 Å². The number of halogens is 1. The zero-order valence-corrected chi connectivity index (χ0v) is 15.3. The third kappa shape index (κ3) is 4.00. The maximum atomic E-state index is 12.5. The van der Waals surface area contributed by atoms with Crippen LogP contribution in [-0.4, -0.2) is 46.8 Å². The van der Waals surface area contributed by atoms with E-state index in [-0.39, 0.29) is 11.6 Å². The van der Waals surface area contributed by atoms with E-state index in [1.165, 1.54) is 29.1 Å². The first-order valence-electron chi connectivity index (χ1n) is 7.53. The Labute approximate surface area is 152 Å². The molecule has 0 saturated carbocycles. The third-order valence-corrected chi connectivity index (χ3v) is 5.60. The number of nitrogens with zero attached hydrogens (tertiary/aromatic N) is 3. The summed E-state index contributed by atoms with van der Waals surface area (Å²) in [4.78, 5) is 28.1. The lowest BCUT2D eigenvalue weighted by molar-refractivity contribution is -0.384. The summed E-state index contributed by atoms with van der Waals surface area (Å²) in [5.74, 6) is -0.0663. The molecule has 8 heteroatoms. The first-order valence-corrected chi connectivity index (χ1v) is 9.14. The summed E-state index contributed by atoms with van der Waals surface area (Å²) in [6.45, 7) is 3.89. The number of piperazine rings is 1. The molecule has 0 radical (unpaired) electrons. The van der Waals surface area contributed by atoms with E-state index >= 15 is 0 Å². The van der Waals surface area contributed by atoms with Crippen molar-refractivity contribution in [2.75, 3.05) is 26.2 Å². The van der Waals surface area contributed by atoms with Gasteiger partial charge in [-0.25, -0.2) is 0 Å². The molecule has 1 fully saturated rings. The summed E-state index contributed by atoms with van der Waals surface area (Å²) < 4.78 is 1.13. The molecule has 2 aromatic rings. The van der Waals surface area contributed by atoms with Gasteiger partial charge in [0, 0.05) is 55.3 Å². The number of benzene rings is 1. The lowest BCUT2D eigenvalue weighted by Crippen LogP contribution is -2.48. The van der Waals surface area contributed by atoms with Gasteiger partial charge in [-0.1, -0.05) is 0 Å². The van der Waals surface area contributed by atoms with Crippen molar-refractivity contribution < 1.29 is 9.72 Å². The second-order valence-corrected chi connectivity index (χ2v) is 8.13. The molecule has 3 rings (SSSR count). The van der Waals surface area contributed by atoms with E-state index in [4.69, 9.17) is 0 Å². The number of hydrogen-bond acceptors (Lipinski definition) is 5. The average Bonchev–Trinajstić information content (AvgIpc) is 3.00. The van der Waals surface area contributed by atoms with Crippen molar-refractivity contribution in [2.24, 2.45) is 0 Å². The van der Waals surface area contributed by atoms with Crippen LogP contribution in [-0.2, 0) is 6.54 Å². The van der Waals surface area contributed by atoms with Crippen molar-refractivity contribution in [2.45, 2.75) is 6.54 Å². The van der Waals surface area contributed by atoms with Crippen LogP contribution in [0.1, 0.15) is 15.2 Å². The van der Waals surface area contributed by atoms with Crippen molar-refractivity contribution in [3.8, 4) is 0 Å². The fourth-order valence-corrected chi connectivity index (χ4v) is 4.20. The van der Waals surface area contributed by atoms with Crippen molar-refractivity contribution in [3.05, 3.63) is 60.7 Å². The van der Waals surface area contributed by atoms with Crippen molar-refractivity contribution >= 4 is 38.9 Å². The Morgan fingerprint density at radius 1 is 1.12 bits per heavy atom. The SMILES string of the molecule is O=C(c1ccc([N+](=O)[O-])cc1)N1CCN(Cc2ccc(Br)s2)CC1. The van der Waals surface area contributed by atoms with Crippen LogP contribution < -0.4 is 0 Å². The van der Waals surface area contributed by atoms with Gasteiger partial charge in [-0.3, -0.25) is 19.8 Å². The highest BCUT2D eigenvalue weighted by Gasteiger charge is 2.22. The second kappa shape index (κ2) is 7.42. The Morgan fingerprint density at radius 2 is 1.79 bits per heavy atom. The lowest BCUT2D eigenvalue weighted by Gasteiger charge is -2.34. The molecule has 0 N–H and O–H groups in total. The van der Waals surface area contributed by atoms with Crippen LogP contribution in [0.5, 0.6) is 0 Å². The van der Waals surface area contributed by atoms with E-state index in [1.807, 2.05) is 11.0 Å². The van der Waals surface area contributed by atoms with E-state index in [1.54, 1.807) is 11.3 Å². The van der Waals surface area contributed by atoms with Gasteiger partial charge in [0.15, 0.2) is 0 Å². The highest BCUT2D eigenvalue weighted by atomic mass is 79.9. The number of non-ortho nitro benzene ring substituents is 1. The maximum Gasteiger partial charge on any atom is 0.269 e. The minimum atomic E-state index is -0.462. The monoisotopic (exact) mass is 409 g/mol. The van der Waals surface area contributed by atoms with Gasteiger partial charge in [0.25, 0.3) is 11.6 Å². The molecule has 0 unspecified atom stereocenters. The molecule has 1 aliphatic heterocycles. The van der Waals surface area contributed by atoms with Gasteiger partial charge >= 0.3 is 0 Å². The van der Waals surface area contributed by atoms with Crippen molar-refractivity contribution in [1.82, 2.24) is 9.80 Å². The minimum Gasteiger partial charge on any atom is -0.336 e. The summed E-state index contributed by atoms with van der Waals surface area (Å²) in [7, 11) is 0. The molecule has 1 saturated heterocycles. The smallest absolute Gasteiger partial charge is 0.269 e. The molecule has 24 heavy (non-hydrogen) atoms. The second-order valence-electron chi connectivity index (χ2n) is 5.58. The predicted molar refractivity (Wildman–Crippen MR) is 96.3 cm³/mol. The van der Waals surface area contributed by atoms with Crippen molar-refractivity contribution in [1.29, 1.82) is 0 Å². The van der Waals surface area contributed by atoms with Crippen LogP contribution in [0.3, 0.4) is 0 Å². The molecule has 0 aliphatic carbocycles. The number of carbonyl (C=O) groups excluding carboxylic acids is 1. The van der Waals surface area contributed by atoms with Gasteiger partial charge in [-0.15, -0.1) is 11.3 Å². The molecule has 6 nitrogen and oxygen atoms in total. The minimum absolute atomic E-state index is 0.00141. The summed E-state index contributed by atoms with van der Waals surface area (Å²) in [5.41, 5.74) is 0.495. The highest BCUT2D eigenvalue weighted by molar-refractivity contribution is 9.11. The molecule has 1 aromatic carbocycles. The van der Waals surface area contributed by atoms with Gasteiger partial charge in [0.2, 0.25) is 0 Å². The Kier molecular flexibility index (Phi) is 5.27. The van der Waals surface area contributed by atoms with E-state index in [0.29, 0.717) is 18.7 Å². The number of amides is 1. The molecular formula is C16H16BrN3O3S. The lowest BCUT2D eigenvalue weighted by atomic mass is 10.1. The normalized spacial score (nSPS) is 15.5. The molecule has 0 atom stereocenters. The summed E-state index contributed by atoms with van der Waals surface area (Å²) in [5, 5.41) is 10.7. The van der Waals surface area contributed by atoms with Crippen LogP contribution in [0.15, 0.2) is 40.2 Å². The van der Waals surface area contributed by atoms with Gasteiger partial charge in [0.05, 0.1) is 8.71 Å². The molecule has 1 amide bonds. The van der Waals surface area contributed by atoms with Crippen LogP contribution in [0.4, 0.5) is 5.69 Å². The van der Waals surface area contributed by atoms with Gasteiger partial charge in [-0.2, -0.15) is 0 Å². The zero-order chi connectivity index (χ0) is 17.1. The standard InChI is InChI=1S/C16H16BrN3O3S/c17-15-6-5-14(24-15)11-18-7-9-19(10-8-18)16(21)12-1-3-13(4-2-12)20(22)23/h1-6H,7-11H2. The quantitative estimate of drug-likeness (QED) is 0.573. The molecule has 1 aromatic heterocycles. The molecule has 0 bridgehead atoms. The fraction of sp³-hybridized carbons (Fsp3) is 0.312. The molecule has 0 spiro atoms. The largest absolute Gasteiger partial charge is 0.336 e. The number of hydrogen-bond donors (Lipinski definition) is 0. The zero-order valence-electron chi connectivity index (χ0n) is 12.9. The fourth-order valence-electron chi connectivity index (χ4n) is 2.67. The predicted octanol–water partition coefficient (Wildman–Crippen LogP) is 3.38. The Bertz CT molecular complexity index is 739. The first kappa shape index (κ1) is 17.1. The number of carbonyl (C=O) groups is 1. The van der Waals surface area contributed by atoms with Gasteiger partial charge < -0.3 is 4.90 Å². The number of nitro groups is 1. The number of rotatable bonds is 4. The Hall–Kier alpha value is -1.77. The summed E-state index contributed by atoms with van der Waals surface area (Å²) >= 11 is 5.20. The number of thiophene rings is 1. The van der Waals surface area contributed by atoms with Gasteiger partial charge in [-0.05, 0) is 40.2 Å². The molecule has 1 aliphatic rings. The van der Waals surface area contributed by atoms with Gasteiger partial charge in [0.1, 0.15) is 0 Å². The Balaban J connectivity index is 1.55. The topological polar surface area (TPSA) is 66.7 Å². The highest BCUT2D eigenvalue weighted by Crippen LogP contribution is 2.24. The number of nitro benzene ring substituents is 1. The van der Waals surface area contributed by atoms with E-state index in [9.17, 15) is 14.9 Å². The molecule has 126 valence electrons. The Morgan fingerprint density at radius 3 is 2.33 bits per heavy atom.